The molecular formula is C14H15NO4. The number of carbonyl (C=O) groups excluding carboxylic acids is 2. The molecule has 0 atom stereocenters. The lowest BCUT2D eigenvalue weighted by atomic mass is 10.1. The van der Waals surface area contributed by atoms with Gasteiger partial charge in [-0.25, -0.2) is 4.79 Å². The van der Waals surface area contributed by atoms with Crippen LogP contribution >= 0.6 is 0 Å². The van der Waals surface area contributed by atoms with Crippen LogP contribution in [0.2, 0.25) is 0 Å². The Morgan fingerprint density at radius 2 is 2.21 bits per heavy atom. The summed E-state index contributed by atoms with van der Waals surface area (Å²) in [5, 5.41) is 0. The van der Waals surface area contributed by atoms with Gasteiger partial charge in [0.1, 0.15) is 5.75 Å². The van der Waals surface area contributed by atoms with Gasteiger partial charge in [-0.05, 0) is 25.1 Å². The minimum absolute atomic E-state index is 0.00971. The first-order valence-corrected chi connectivity index (χ1v) is 6.34. The van der Waals surface area contributed by atoms with Crippen molar-refractivity contribution in [3.05, 3.63) is 23.8 Å². The Morgan fingerprint density at radius 1 is 1.47 bits per heavy atom. The smallest absolute Gasteiger partial charge is 0.337 e. The van der Waals surface area contributed by atoms with Crippen LogP contribution in [-0.2, 0) is 9.53 Å². The van der Waals surface area contributed by atoms with Gasteiger partial charge in [0, 0.05) is 19.4 Å². The van der Waals surface area contributed by atoms with Crippen LogP contribution in [0.3, 0.4) is 0 Å². The summed E-state index contributed by atoms with van der Waals surface area (Å²) in [7, 11) is 1.33. The third-order valence-electron chi connectivity index (χ3n) is 3.63. The molecule has 0 N–H and O–H groups in total. The molecule has 1 aromatic carbocycles. The topological polar surface area (TPSA) is 55.8 Å². The first-order valence-electron chi connectivity index (χ1n) is 6.34. The predicted molar refractivity (Wildman–Crippen MR) is 68.4 cm³/mol. The van der Waals surface area contributed by atoms with Crippen LogP contribution in [0.1, 0.15) is 30.1 Å². The number of anilines is 1. The van der Waals surface area contributed by atoms with Gasteiger partial charge in [-0.3, -0.25) is 4.79 Å². The quantitative estimate of drug-likeness (QED) is 0.761. The van der Waals surface area contributed by atoms with Gasteiger partial charge in [0.05, 0.1) is 18.4 Å². The van der Waals surface area contributed by atoms with Crippen molar-refractivity contribution < 1.29 is 19.1 Å². The molecule has 1 heterocycles. The van der Waals surface area contributed by atoms with Crippen LogP contribution in [0.5, 0.6) is 5.75 Å². The summed E-state index contributed by atoms with van der Waals surface area (Å²) in [5.74, 6) is 0.231. The molecule has 1 saturated carbocycles. The van der Waals surface area contributed by atoms with Gasteiger partial charge in [-0.2, -0.15) is 0 Å². The van der Waals surface area contributed by atoms with Crippen LogP contribution in [-0.4, -0.2) is 31.1 Å². The summed E-state index contributed by atoms with van der Waals surface area (Å²) >= 11 is 0. The zero-order chi connectivity index (χ0) is 13.6. The molecule has 0 radical (unpaired) electrons. The Hall–Kier alpha value is -2.04. The van der Waals surface area contributed by atoms with E-state index in [0.29, 0.717) is 23.5 Å². The predicted octanol–water partition coefficient (Wildman–Crippen LogP) is 1.75. The number of likely N-dealkylation sites (N-methyl/N-ethyl adjacent to an activating group) is 1. The van der Waals surface area contributed by atoms with Gasteiger partial charge in [0.15, 0.2) is 5.60 Å². The van der Waals surface area contributed by atoms with Crippen LogP contribution in [0.4, 0.5) is 5.69 Å². The standard InChI is InChI=1S/C14H15NO4/c1-3-15-10-8-9(12(16)18-2)4-5-11(10)19-14(6-7-14)13(15)17/h4-5,8H,3,6-7H2,1-2H3. The summed E-state index contributed by atoms with van der Waals surface area (Å²) in [6.07, 6.45) is 1.53. The second kappa shape index (κ2) is 3.98. The second-order valence-electron chi connectivity index (χ2n) is 4.82. The van der Waals surface area contributed by atoms with Crippen molar-refractivity contribution >= 4 is 17.6 Å². The highest BCUT2D eigenvalue weighted by molar-refractivity contribution is 6.05. The van der Waals surface area contributed by atoms with Crippen molar-refractivity contribution in [2.45, 2.75) is 25.4 Å². The average Bonchev–Trinajstić information content (AvgIpc) is 3.20. The van der Waals surface area contributed by atoms with Gasteiger partial charge in [-0.15, -0.1) is 0 Å². The number of amides is 1. The minimum Gasteiger partial charge on any atom is -0.475 e. The summed E-state index contributed by atoms with van der Waals surface area (Å²) < 4.78 is 10.5. The number of methoxy groups -OCH3 is 1. The monoisotopic (exact) mass is 261 g/mol. The fraction of sp³-hybridized carbons (Fsp3) is 0.429. The third-order valence-corrected chi connectivity index (χ3v) is 3.63. The van der Waals surface area contributed by atoms with Crippen LogP contribution in [0, 0.1) is 0 Å². The van der Waals surface area contributed by atoms with E-state index in [4.69, 9.17) is 9.47 Å². The van der Waals surface area contributed by atoms with Crippen molar-refractivity contribution in [3.8, 4) is 5.75 Å². The van der Waals surface area contributed by atoms with E-state index in [-0.39, 0.29) is 5.91 Å². The molecule has 1 spiro atoms. The zero-order valence-corrected chi connectivity index (χ0v) is 10.9. The number of hydrogen-bond acceptors (Lipinski definition) is 4. The molecule has 0 saturated heterocycles. The van der Waals surface area contributed by atoms with Gasteiger partial charge in [0.25, 0.3) is 5.91 Å². The molecule has 0 aromatic heterocycles. The number of rotatable bonds is 2. The summed E-state index contributed by atoms with van der Waals surface area (Å²) in [6.45, 7) is 2.47. The number of esters is 1. The van der Waals surface area contributed by atoms with E-state index in [2.05, 4.69) is 0 Å². The fourth-order valence-corrected chi connectivity index (χ4v) is 2.41. The lowest BCUT2D eigenvalue weighted by molar-refractivity contribution is -0.128. The molecule has 19 heavy (non-hydrogen) atoms. The molecular weight excluding hydrogens is 246 g/mol. The normalized spacial score (nSPS) is 18.8. The fourth-order valence-electron chi connectivity index (χ4n) is 2.41. The number of benzene rings is 1. The molecule has 1 fully saturated rings. The number of ether oxygens (including phenoxy) is 2. The Kier molecular flexibility index (Phi) is 2.52. The van der Waals surface area contributed by atoms with Crippen molar-refractivity contribution in [1.29, 1.82) is 0 Å². The zero-order valence-electron chi connectivity index (χ0n) is 10.9. The average molecular weight is 261 g/mol. The van der Waals surface area contributed by atoms with E-state index >= 15 is 0 Å². The molecule has 100 valence electrons. The van der Waals surface area contributed by atoms with E-state index < -0.39 is 11.6 Å². The maximum atomic E-state index is 12.3. The maximum Gasteiger partial charge on any atom is 0.337 e. The molecule has 2 aliphatic rings. The van der Waals surface area contributed by atoms with Gasteiger partial charge in [-0.1, -0.05) is 0 Å². The molecule has 1 amide bonds. The van der Waals surface area contributed by atoms with E-state index in [9.17, 15) is 9.59 Å². The Morgan fingerprint density at radius 3 is 2.79 bits per heavy atom. The number of carbonyl (C=O) groups is 2. The van der Waals surface area contributed by atoms with Crippen LogP contribution < -0.4 is 9.64 Å². The molecule has 5 nitrogen and oxygen atoms in total. The van der Waals surface area contributed by atoms with Crippen molar-refractivity contribution in [1.82, 2.24) is 0 Å². The molecule has 1 aliphatic heterocycles. The summed E-state index contributed by atoms with van der Waals surface area (Å²) in [6, 6.07) is 5.04. The van der Waals surface area contributed by atoms with Crippen LogP contribution in [0.25, 0.3) is 0 Å². The SMILES string of the molecule is CCN1C(=O)C2(CC2)Oc2ccc(C(=O)OC)cc21. The Bertz CT molecular complexity index is 563. The molecule has 1 aromatic rings. The van der Waals surface area contributed by atoms with E-state index in [1.807, 2.05) is 6.92 Å². The molecule has 3 rings (SSSR count). The Balaban J connectivity index is 2.06. The van der Waals surface area contributed by atoms with Gasteiger partial charge >= 0.3 is 5.97 Å². The van der Waals surface area contributed by atoms with Gasteiger partial charge in [0.2, 0.25) is 0 Å². The highest BCUT2D eigenvalue weighted by atomic mass is 16.5. The Labute approximate surface area is 111 Å². The largest absolute Gasteiger partial charge is 0.475 e. The molecule has 1 aliphatic carbocycles. The molecule has 0 unspecified atom stereocenters. The van der Waals surface area contributed by atoms with E-state index in [1.54, 1.807) is 23.1 Å². The van der Waals surface area contributed by atoms with E-state index in [1.165, 1.54) is 7.11 Å². The number of nitrogens with zero attached hydrogens (tertiary/aromatic N) is 1. The minimum atomic E-state index is -0.643. The molecule has 0 bridgehead atoms. The lowest BCUT2D eigenvalue weighted by Crippen LogP contribution is -2.47. The lowest BCUT2D eigenvalue weighted by Gasteiger charge is -2.34. The van der Waals surface area contributed by atoms with Crippen molar-refractivity contribution in [2.75, 3.05) is 18.6 Å². The number of fused-ring (bicyclic) bond motifs is 1. The summed E-state index contributed by atoms with van der Waals surface area (Å²) in [5.41, 5.74) is 0.422. The third kappa shape index (κ3) is 1.69. The highest BCUT2D eigenvalue weighted by Crippen LogP contribution is 2.49. The first-order chi connectivity index (χ1) is 9.11. The second-order valence-corrected chi connectivity index (χ2v) is 4.82. The van der Waals surface area contributed by atoms with Crippen molar-refractivity contribution in [3.63, 3.8) is 0 Å². The van der Waals surface area contributed by atoms with Gasteiger partial charge < -0.3 is 14.4 Å². The van der Waals surface area contributed by atoms with Crippen molar-refractivity contribution in [2.24, 2.45) is 0 Å². The number of hydrogen-bond donors (Lipinski definition) is 0. The highest BCUT2D eigenvalue weighted by Gasteiger charge is 2.57. The van der Waals surface area contributed by atoms with E-state index in [0.717, 1.165) is 12.8 Å². The van der Waals surface area contributed by atoms with Crippen LogP contribution in [0.15, 0.2) is 18.2 Å². The summed E-state index contributed by atoms with van der Waals surface area (Å²) in [4.78, 5) is 25.6. The molecule has 5 heteroatoms. The maximum absolute atomic E-state index is 12.3. The first kappa shape index (κ1) is 12.0.